The molecular formula is C16H30O5. The molecule has 0 unspecified atom stereocenters. The van der Waals surface area contributed by atoms with Gasteiger partial charge in [0.15, 0.2) is 0 Å². The average Bonchev–Trinajstić information content (AvgIpc) is 2.49. The first-order chi connectivity index (χ1) is 10.2. The van der Waals surface area contributed by atoms with Crippen molar-refractivity contribution in [2.24, 2.45) is 0 Å². The standard InChI is InChI=1S/C16H30O5/c1-2-3-4-5-6-7-8-9-10-20-16-14(11-17)21-12-13(18)15(16)19/h2-3,13-19H,4-12H2,1H3/b3-2+/t13-,14+,15+,16+/m1/s1. The van der Waals surface area contributed by atoms with E-state index in [0.29, 0.717) is 6.61 Å². The summed E-state index contributed by atoms with van der Waals surface area (Å²) < 4.78 is 10.9. The van der Waals surface area contributed by atoms with Crippen LogP contribution in [0.1, 0.15) is 45.4 Å². The molecule has 1 fully saturated rings. The molecule has 0 aromatic heterocycles. The monoisotopic (exact) mass is 302 g/mol. The van der Waals surface area contributed by atoms with Crippen LogP contribution in [0, 0.1) is 0 Å². The highest BCUT2D eigenvalue weighted by Gasteiger charge is 2.39. The van der Waals surface area contributed by atoms with E-state index in [9.17, 15) is 15.3 Å². The van der Waals surface area contributed by atoms with Crippen molar-refractivity contribution in [3.63, 3.8) is 0 Å². The van der Waals surface area contributed by atoms with Crippen molar-refractivity contribution < 1.29 is 24.8 Å². The minimum Gasteiger partial charge on any atom is -0.394 e. The molecule has 0 spiro atoms. The van der Waals surface area contributed by atoms with Crippen LogP contribution in [-0.2, 0) is 9.47 Å². The number of ether oxygens (including phenoxy) is 2. The molecule has 1 aliphatic heterocycles. The molecule has 21 heavy (non-hydrogen) atoms. The Balaban J connectivity index is 2.09. The number of allylic oxidation sites excluding steroid dienone is 2. The Labute approximate surface area is 127 Å². The first-order valence-corrected chi connectivity index (χ1v) is 8.02. The van der Waals surface area contributed by atoms with Crippen LogP contribution in [-0.4, -0.2) is 59.6 Å². The molecule has 0 bridgehead atoms. The number of unbranched alkanes of at least 4 members (excludes halogenated alkanes) is 5. The van der Waals surface area contributed by atoms with Gasteiger partial charge in [-0.1, -0.05) is 31.4 Å². The molecule has 0 aliphatic carbocycles. The summed E-state index contributed by atoms with van der Waals surface area (Å²) in [5.74, 6) is 0. The van der Waals surface area contributed by atoms with Crippen molar-refractivity contribution in [1.82, 2.24) is 0 Å². The van der Waals surface area contributed by atoms with Gasteiger partial charge in [0.05, 0.1) is 13.2 Å². The van der Waals surface area contributed by atoms with Crippen LogP contribution in [0.4, 0.5) is 0 Å². The third-order valence-corrected chi connectivity index (χ3v) is 3.82. The van der Waals surface area contributed by atoms with Gasteiger partial charge < -0.3 is 24.8 Å². The molecule has 4 atom stereocenters. The van der Waals surface area contributed by atoms with Crippen molar-refractivity contribution in [1.29, 1.82) is 0 Å². The number of aliphatic hydroxyl groups excluding tert-OH is 3. The van der Waals surface area contributed by atoms with Gasteiger partial charge in [-0.3, -0.25) is 0 Å². The fourth-order valence-corrected chi connectivity index (χ4v) is 2.50. The van der Waals surface area contributed by atoms with E-state index in [0.717, 1.165) is 19.3 Å². The van der Waals surface area contributed by atoms with Crippen LogP contribution in [0.5, 0.6) is 0 Å². The van der Waals surface area contributed by atoms with Crippen LogP contribution >= 0.6 is 0 Å². The van der Waals surface area contributed by atoms with E-state index in [-0.39, 0.29) is 13.2 Å². The summed E-state index contributed by atoms with van der Waals surface area (Å²) in [6, 6.07) is 0. The van der Waals surface area contributed by atoms with E-state index >= 15 is 0 Å². The lowest BCUT2D eigenvalue weighted by atomic mass is 10.0. The molecule has 5 heteroatoms. The maximum Gasteiger partial charge on any atom is 0.114 e. The van der Waals surface area contributed by atoms with Gasteiger partial charge in [0, 0.05) is 6.61 Å². The van der Waals surface area contributed by atoms with E-state index in [4.69, 9.17) is 9.47 Å². The first kappa shape index (κ1) is 18.6. The van der Waals surface area contributed by atoms with Gasteiger partial charge in [0.1, 0.15) is 24.4 Å². The van der Waals surface area contributed by atoms with Crippen LogP contribution in [0.2, 0.25) is 0 Å². The highest BCUT2D eigenvalue weighted by Crippen LogP contribution is 2.19. The number of rotatable bonds is 10. The fraction of sp³-hybridized carbons (Fsp3) is 0.875. The molecular weight excluding hydrogens is 272 g/mol. The maximum atomic E-state index is 9.89. The molecule has 3 N–H and O–H groups in total. The van der Waals surface area contributed by atoms with Gasteiger partial charge in [0.2, 0.25) is 0 Å². The van der Waals surface area contributed by atoms with Gasteiger partial charge in [-0.15, -0.1) is 0 Å². The second-order valence-electron chi connectivity index (χ2n) is 5.57. The van der Waals surface area contributed by atoms with Crippen molar-refractivity contribution in [3.05, 3.63) is 12.2 Å². The van der Waals surface area contributed by atoms with Gasteiger partial charge in [-0.05, 0) is 26.2 Å². The molecule has 1 aliphatic rings. The minimum absolute atomic E-state index is 0.0401. The summed E-state index contributed by atoms with van der Waals surface area (Å²) in [6.45, 7) is 2.39. The first-order valence-electron chi connectivity index (χ1n) is 8.02. The van der Waals surface area contributed by atoms with E-state index in [1.54, 1.807) is 0 Å². The number of aliphatic hydroxyl groups is 3. The summed E-state index contributed by atoms with van der Waals surface area (Å²) >= 11 is 0. The van der Waals surface area contributed by atoms with Gasteiger partial charge >= 0.3 is 0 Å². The zero-order chi connectivity index (χ0) is 15.5. The van der Waals surface area contributed by atoms with Crippen molar-refractivity contribution in [2.75, 3.05) is 19.8 Å². The normalized spacial score (nSPS) is 30.1. The third-order valence-electron chi connectivity index (χ3n) is 3.82. The fourth-order valence-electron chi connectivity index (χ4n) is 2.50. The lowest BCUT2D eigenvalue weighted by Crippen LogP contribution is -2.55. The molecule has 0 amide bonds. The molecule has 1 heterocycles. The molecule has 124 valence electrons. The Morgan fingerprint density at radius 1 is 1.14 bits per heavy atom. The summed E-state index contributed by atoms with van der Waals surface area (Å²) in [4.78, 5) is 0. The highest BCUT2D eigenvalue weighted by molar-refractivity contribution is 4.87. The van der Waals surface area contributed by atoms with E-state index in [1.165, 1.54) is 19.3 Å². The Morgan fingerprint density at radius 2 is 1.86 bits per heavy atom. The summed E-state index contributed by atoms with van der Waals surface area (Å²) in [5.41, 5.74) is 0. The lowest BCUT2D eigenvalue weighted by Gasteiger charge is -2.37. The third kappa shape index (κ3) is 6.89. The zero-order valence-corrected chi connectivity index (χ0v) is 13.0. The van der Waals surface area contributed by atoms with Crippen molar-refractivity contribution in [2.45, 2.75) is 69.9 Å². The lowest BCUT2D eigenvalue weighted by molar-refractivity contribution is -0.211. The summed E-state index contributed by atoms with van der Waals surface area (Å²) in [5, 5.41) is 28.7. The molecule has 5 nitrogen and oxygen atoms in total. The maximum absolute atomic E-state index is 9.89. The molecule has 0 saturated carbocycles. The van der Waals surface area contributed by atoms with Crippen LogP contribution in [0.25, 0.3) is 0 Å². The van der Waals surface area contributed by atoms with Gasteiger partial charge in [-0.2, -0.15) is 0 Å². The molecule has 0 aromatic rings. The quantitative estimate of drug-likeness (QED) is 0.420. The number of hydrogen-bond acceptors (Lipinski definition) is 5. The zero-order valence-electron chi connectivity index (χ0n) is 13.0. The Hall–Kier alpha value is -0.460. The van der Waals surface area contributed by atoms with Crippen molar-refractivity contribution in [3.8, 4) is 0 Å². The topological polar surface area (TPSA) is 79.2 Å². The Morgan fingerprint density at radius 3 is 2.57 bits per heavy atom. The molecule has 0 aromatic carbocycles. The van der Waals surface area contributed by atoms with Gasteiger partial charge in [-0.25, -0.2) is 0 Å². The molecule has 1 saturated heterocycles. The SMILES string of the molecule is C/C=C/CCCCCCCO[C@@H]1[C@@H](O)[C@H](O)CO[C@H]1CO. The molecule has 1 rings (SSSR count). The van der Waals surface area contributed by atoms with E-state index < -0.39 is 24.4 Å². The van der Waals surface area contributed by atoms with Gasteiger partial charge in [0.25, 0.3) is 0 Å². The molecule has 0 radical (unpaired) electrons. The predicted octanol–water partition coefficient (Wildman–Crippen LogP) is 1.40. The summed E-state index contributed by atoms with van der Waals surface area (Å²) in [6.07, 6.45) is 7.92. The van der Waals surface area contributed by atoms with E-state index in [2.05, 4.69) is 12.2 Å². The van der Waals surface area contributed by atoms with Crippen LogP contribution < -0.4 is 0 Å². The largest absolute Gasteiger partial charge is 0.394 e. The Kier molecular flexibility index (Phi) is 9.87. The summed E-state index contributed by atoms with van der Waals surface area (Å²) in [7, 11) is 0. The second-order valence-corrected chi connectivity index (χ2v) is 5.57. The second kappa shape index (κ2) is 11.2. The number of hydrogen-bond donors (Lipinski definition) is 3. The van der Waals surface area contributed by atoms with Crippen LogP contribution in [0.15, 0.2) is 12.2 Å². The van der Waals surface area contributed by atoms with E-state index in [1.807, 2.05) is 6.92 Å². The van der Waals surface area contributed by atoms with Crippen LogP contribution in [0.3, 0.4) is 0 Å². The Bertz CT molecular complexity index is 280. The predicted molar refractivity (Wildman–Crippen MR) is 81.1 cm³/mol. The van der Waals surface area contributed by atoms with Crippen molar-refractivity contribution >= 4 is 0 Å². The highest BCUT2D eigenvalue weighted by atomic mass is 16.6. The smallest absolute Gasteiger partial charge is 0.114 e. The minimum atomic E-state index is -0.989. The average molecular weight is 302 g/mol.